The van der Waals surface area contributed by atoms with Crippen LogP contribution in [0.3, 0.4) is 0 Å². The zero-order chi connectivity index (χ0) is 17.0. The Morgan fingerprint density at radius 1 is 1.17 bits per heavy atom. The van der Waals surface area contributed by atoms with E-state index < -0.39 is 16.0 Å². The van der Waals surface area contributed by atoms with E-state index in [9.17, 15) is 13.2 Å². The van der Waals surface area contributed by atoms with E-state index in [2.05, 4.69) is 22.6 Å². The maximum absolute atomic E-state index is 12.9. The van der Waals surface area contributed by atoms with E-state index in [1.165, 1.54) is 24.3 Å². The molecular formula is C15H13ClINO4S. The number of hydrogen-bond acceptors (Lipinski definition) is 3. The third-order valence-corrected chi connectivity index (χ3v) is 5.79. The van der Waals surface area contributed by atoms with E-state index >= 15 is 0 Å². The molecule has 2 aromatic rings. The van der Waals surface area contributed by atoms with Gasteiger partial charge in [-0.25, -0.2) is 8.42 Å². The number of anilines is 1. The SMILES string of the molecule is O=C(O)CCN(c1cccc(I)c1)S(=O)(=O)c1ccc(Cl)cc1. The minimum absolute atomic E-state index is 0.0613. The summed E-state index contributed by atoms with van der Waals surface area (Å²) in [5.41, 5.74) is 0.424. The molecule has 0 aliphatic heterocycles. The number of sulfonamides is 1. The zero-order valence-electron chi connectivity index (χ0n) is 11.8. The number of halogens is 2. The van der Waals surface area contributed by atoms with E-state index in [0.29, 0.717) is 10.7 Å². The third-order valence-electron chi connectivity index (χ3n) is 3.03. The number of aliphatic carboxylic acids is 1. The van der Waals surface area contributed by atoms with Gasteiger partial charge in [0, 0.05) is 15.1 Å². The predicted molar refractivity (Wildman–Crippen MR) is 97.4 cm³/mol. The van der Waals surface area contributed by atoms with Gasteiger partial charge >= 0.3 is 5.97 Å². The molecule has 23 heavy (non-hydrogen) atoms. The standard InChI is InChI=1S/C15H13ClINO4S/c16-11-4-6-14(7-5-11)23(21,22)18(9-8-15(19)20)13-3-1-2-12(17)10-13/h1-7,10H,8-9H2,(H,19,20). The molecule has 0 atom stereocenters. The van der Waals surface area contributed by atoms with Gasteiger partial charge in [0.2, 0.25) is 0 Å². The van der Waals surface area contributed by atoms with Crippen LogP contribution in [0.1, 0.15) is 6.42 Å². The lowest BCUT2D eigenvalue weighted by molar-refractivity contribution is -0.136. The average Bonchev–Trinajstić information content (AvgIpc) is 2.47. The van der Waals surface area contributed by atoms with Crippen LogP contribution in [0.15, 0.2) is 53.4 Å². The zero-order valence-corrected chi connectivity index (χ0v) is 15.5. The molecule has 0 aliphatic rings. The maximum atomic E-state index is 12.9. The Balaban J connectivity index is 2.47. The largest absolute Gasteiger partial charge is 0.481 e. The van der Waals surface area contributed by atoms with Crippen molar-refractivity contribution in [2.75, 3.05) is 10.8 Å². The van der Waals surface area contributed by atoms with Crippen LogP contribution in [0.2, 0.25) is 5.02 Å². The molecule has 0 spiro atoms. The van der Waals surface area contributed by atoms with Crippen LogP contribution < -0.4 is 4.31 Å². The molecule has 0 bridgehead atoms. The first-order valence-corrected chi connectivity index (χ1v) is 9.46. The minimum Gasteiger partial charge on any atom is -0.481 e. The molecule has 0 aliphatic carbocycles. The smallest absolute Gasteiger partial charge is 0.305 e. The summed E-state index contributed by atoms with van der Waals surface area (Å²) in [5.74, 6) is -1.06. The molecule has 2 aromatic carbocycles. The second kappa shape index (κ2) is 7.50. The molecular weight excluding hydrogens is 453 g/mol. The monoisotopic (exact) mass is 465 g/mol. The van der Waals surface area contributed by atoms with Gasteiger partial charge in [-0.2, -0.15) is 0 Å². The van der Waals surface area contributed by atoms with Gasteiger partial charge in [0.25, 0.3) is 10.0 Å². The normalized spacial score (nSPS) is 11.2. The maximum Gasteiger partial charge on any atom is 0.305 e. The summed E-state index contributed by atoms with van der Waals surface area (Å²) in [6.45, 7) is -0.152. The third kappa shape index (κ3) is 4.58. The highest BCUT2D eigenvalue weighted by Crippen LogP contribution is 2.26. The fourth-order valence-corrected chi connectivity index (χ4v) is 4.06. The summed E-state index contributed by atoms with van der Waals surface area (Å²) in [6, 6.07) is 12.7. The first-order valence-electron chi connectivity index (χ1n) is 6.56. The Bertz CT molecular complexity index is 808. The number of hydrogen-bond donors (Lipinski definition) is 1. The van der Waals surface area contributed by atoms with Crippen LogP contribution in [-0.4, -0.2) is 26.0 Å². The van der Waals surface area contributed by atoms with Crippen molar-refractivity contribution in [3.8, 4) is 0 Å². The van der Waals surface area contributed by atoms with Crippen LogP contribution in [0, 0.1) is 3.57 Å². The van der Waals surface area contributed by atoms with Crippen molar-refractivity contribution in [2.45, 2.75) is 11.3 Å². The molecule has 0 unspecified atom stereocenters. The number of carbonyl (C=O) groups is 1. The minimum atomic E-state index is -3.88. The van der Waals surface area contributed by atoms with E-state index in [4.69, 9.17) is 16.7 Å². The predicted octanol–water partition coefficient (Wildman–Crippen LogP) is 3.61. The Hall–Kier alpha value is -1.32. The molecule has 1 N–H and O–H groups in total. The average molecular weight is 466 g/mol. The van der Waals surface area contributed by atoms with Crippen molar-refractivity contribution in [3.05, 3.63) is 57.1 Å². The van der Waals surface area contributed by atoms with Crippen LogP contribution >= 0.6 is 34.2 Å². The molecule has 2 rings (SSSR count). The van der Waals surface area contributed by atoms with Gasteiger partial charge in [0.05, 0.1) is 17.0 Å². The molecule has 0 amide bonds. The van der Waals surface area contributed by atoms with Crippen molar-refractivity contribution in [1.82, 2.24) is 0 Å². The van der Waals surface area contributed by atoms with Crippen molar-refractivity contribution in [3.63, 3.8) is 0 Å². The summed E-state index contributed by atoms with van der Waals surface area (Å²) < 4.78 is 27.7. The van der Waals surface area contributed by atoms with Gasteiger partial charge in [-0.15, -0.1) is 0 Å². The van der Waals surface area contributed by atoms with Gasteiger partial charge in [-0.05, 0) is 65.1 Å². The van der Waals surface area contributed by atoms with Gasteiger partial charge in [0.15, 0.2) is 0 Å². The van der Waals surface area contributed by atoms with E-state index in [0.717, 1.165) is 7.88 Å². The van der Waals surface area contributed by atoms with Crippen LogP contribution in [0.25, 0.3) is 0 Å². The molecule has 8 heteroatoms. The molecule has 0 radical (unpaired) electrons. The number of benzene rings is 2. The number of rotatable bonds is 6. The highest BCUT2D eigenvalue weighted by atomic mass is 127. The van der Waals surface area contributed by atoms with Gasteiger partial charge in [-0.1, -0.05) is 17.7 Å². The molecule has 5 nitrogen and oxygen atoms in total. The fraction of sp³-hybridized carbons (Fsp3) is 0.133. The van der Waals surface area contributed by atoms with E-state index in [-0.39, 0.29) is 17.9 Å². The lowest BCUT2D eigenvalue weighted by Crippen LogP contribution is -2.33. The Labute approximate surface area is 153 Å². The van der Waals surface area contributed by atoms with Gasteiger partial charge < -0.3 is 5.11 Å². The molecule has 0 aromatic heterocycles. The van der Waals surface area contributed by atoms with Crippen LogP contribution in [-0.2, 0) is 14.8 Å². The summed E-state index contributed by atoms with van der Waals surface area (Å²) in [6.07, 6.45) is -0.293. The summed E-state index contributed by atoms with van der Waals surface area (Å²) >= 11 is 7.87. The molecule has 0 fully saturated rings. The van der Waals surface area contributed by atoms with Gasteiger partial charge in [-0.3, -0.25) is 9.10 Å². The lowest BCUT2D eigenvalue weighted by atomic mass is 10.3. The molecule has 122 valence electrons. The Kier molecular flexibility index (Phi) is 5.88. The first-order chi connectivity index (χ1) is 10.8. The van der Waals surface area contributed by atoms with Crippen molar-refractivity contribution >= 4 is 55.9 Å². The highest BCUT2D eigenvalue weighted by Gasteiger charge is 2.25. The van der Waals surface area contributed by atoms with Crippen LogP contribution in [0.5, 0.6) is 0 Å². The van der Waals surface area contributed by atoms with Gasteiger partial charge in [0.1, 0.15) is 0 Å². The fourth-order valence-electron chi connectivity index (χ4n) is 1.95. The summed E-state index contributed by atoms with van der Waals surface area (Å²) in [7, 11) is -3.88. The second-order valence-corrected chi connectivity index (χ2v) is 8.20. The molecule has 0 saturated carbocycles. The van der Waals surface area contributed by atoms with Crippen molar-refractivity contribution in [1.29, 1.82) is 0 Å². The van der Waals surface area contributed by atoms with Crippen LogP contribution in [0.4, 0.5) is 5.69 Å². The number of carboxylic acid groups (broad SMARTS) is 1. The summed E-state index contributed by atoms with van der Waals surface area (Å²) in [5, 5.41) is 9.32. The first kappa shape index (κ1) is 18.0. The topological polar surface area (TPSA) is 74.7 Å². The number of carboxylic acids is 1. The Morgan fingerprint density at radius 3 is 2.39 bits per heavy atom. The van der Waals surface area contributed by atoms with E-state index in [1.807, 2.05) is 6.07 Å². The molecule has 0 heterocycles. The van der Waals surface area contributed by atoms with E-state index in [1.54, 1.807) is 18.2 Å². The quantitative estimate of drug-likeness (QED) is 0.661. The highest BCUT2D eigenvalue weighted by molar-refractivity contribution is 14.1. The van der Waals surface area contributed by atoms with Crippen molar-refractivity contribution in [2.24, 2.45) is 0 Å². The second-order valence-electron chi connectivity index (χ2n) is 4.65. The van der Waals surface area contributed by atoms with Crippen molar-refractivity contribution < 1.29 is 18.3 Å². The molecule has 0 saturated heterocycles. The summed E-state index contributed by atoms with van der Waals surface area (Å²) in [4.78, 5) is 10.9. The lowest BCUT2D eigenvalue weighted by Gasteiger charge is -2.24. The Morgan fingerprint density at radius 2 is 1.83 bits per heavy atom. The number of nitrogens with zero attached hydrogens (tertiary/aromatic N) is 1.